The van der Waals surface area contributed by atoms with Gasteiger partial charge in [0.25, 0.3) is 5.91 Å². The van der Waals surface area contributed by atoms with E-state index in [-0.39, 0.29) is 5.91 Å². The zero-order chi connectivity index (χ0) is 27.5. The summed E-state index contributed by atoms with van der Waals surface area (Å²) in [4.78, 5) is 20.2. The van der Waals surface area contributed by atoms with Crippen LogP contribution in [0.5, 0.6) is 5.75 Å². The van der Waals surface area contributed by atoms with Crippen molar-refractivity contribution >= 4 is 40.5 Å². The van der Waals surface area contributed by atoms with Gasteiger partial charge < -0.3 is 9.64 Å². The summed E-state index contributed by atoms with van der Waals surface area (Å²) in [5.41, 5.74) is 4.57. The lowest BCUT2D eigenvalue weighted by Crippen LogP contribution is -2.35. The molecule has 0 unspecified atom stereocenters. The number of thioether (sulfide) groups is 1. The third kappa shape index (κ3) is 6.01. The van der Waals surface area contributed by atoms with E-state index in [0.29, 0.717) is 16.5 Å². The molecule has 1 aromatic heterocycles. The molecule has 40 heavy (non-hydrogen) atoms. The molecule has 1 fully saturated rings. The summed E-state index contributed by atoms with van der Waals surface area (Å²) in [5.74, 6) is 1.29. The molecule has 1 amide bonds. The average molecular weight is 569 g/mol. The van der Waals surface area contributed by atoms with Crippen molar-refractivity contribution in [3.63, 3.8) is 0 Å². The Kier molecular flexibility index (Phi) is 7.75. The minimum atomic E-state index is -0.192. The number of amidine groups is 1. The quantitative estimate of drug-likeness (QED) is 0.226. The number of hydrogen-bond donors (Lipinski definition) is 0. The molecule has 0 spiro atoms. The van der Waals surface area contributed by atoms with E-state index in [1.54, 1.807) is 0 Å². The maximum atomic E-state index is 12.9. The number of ether oxygens (including phenoxy) is 1. The highest BCUT2D eigenvalue weighted by Gasteiger charge is 2.28. The molecular weight excluding hydrogens is 540 g/mol. The summed E-state index contributed by atoms with van der Waals surface area (Å²) >= 11 is 7.45. The fraction of sp³-hybridized carbons (Fsp3) is 0.219. The van der Waals surface area contributed by atoms with Crippen molar-refractivity contribution in [2.24, 2.45) is 10.9 Å². The van der Waals surface area contributed by atoms with Gasteiger partial charge in [-0.15, -0.1) is 0 Å². The normalized spacial score (nSPS) is 16.9. The van der Waals surface area contributed by atoms with Gasteiger partial charge in [0.2, 0.25) is 0 Å². The number of likely N-dealkylation sites (tertiary alicyclic amines) is 1. The number of aromatic nitrogens is 2. The number of nitrogens with zero attached hydrogens (tertiary/aromatic N) is 4. The lowest BCUT2D eigenvalue weighted by Gasteiger charge is -2.30. The number of hydrogen-bond acceptors (Lipinski definition) is 5. The summed E-state index contributed by atoms with van der Waals surface area (Å²) in [6.07, 6.45) is 6.14. The van der Waals surface area contributed by atoms with E-state index in [4.69, 9.17) is 21.4 Å². The molecule has 0 atom stereocenters. The Morgan fingerprint density at radius 1 is 1.00 bits per heavy atom. The highest BCUT2D eigenvalue weighted by Crippen LogP contribution is 2.35. The maximum Gasteiger partial charge on any atom is 0.286 e. The average Bonchev–Trinajstić information content (AvgIpc) is 3.57. The first-order valence-corrected chi connectivity index (χ1v) is 14.6. The zero-order valence-corrected chi connectivity index (χ0v) is 23.7. The van der Waals surface area contributed by atoms with E-state index in [1.807, 2.05) is 95.8 Å². The minimum Gasteiger partial charge on any atom is -0.489 e. The van der Waals surface area contributed by atoms with Crippen LogP contribution in [0.4, 0.5) is 0 Å². The molecule has 1 saturated heterocycles. The Morgan fingerprint density at radius 2 is 1.73 bits per heavy atom. The van der Waals surface area contributed by atoms with Gasteiger partial charge in [0.1, 0.15) is 12.4 Å². The fourth-order valence-electron chi connectivity index (χ4n) is 4.76. The second-order valence-corrected chi connectivity index (χ2v) is 11.6. The number of para-hydroxylation sites is 1. The molecule has 3 heterocycles. The molecule has 6 rings (SSSR count). The fourth-order valence-corrected chi connectivity index (χ4v) is 5.84. The highest BCUT2D eigenvalue weighted by molar-refractivity contribution is 8.18. The first-order valence-electron chi connectivity index (χ1n) is 13.4. The first-order chi connectivity index (χ1) is 19.5. The van der Waals surface area contributed by atoms with Crippen LogP contribution in [-0.4, -0.2) is 38.8 Å². The topological polar surface area (TPSA) is 59.7 Å². The van der Waals surface area contributed by atoms with Gasteiger partial charge in [-0.3, -0.25) is 4.79 Å². The van der Waals surface area contributed by atoms with Gasteiger partial charge in [-0.25, -0.2) is 4.68 Å². The number of aliphatic imine (C=N–C) groups is 1. The van der Waals surface area contributed by atoms with Crippen molar-refractivity contribution in [1.29, 1.82) is 0 Å². The van der Waals surface area contributed by atoms with Gasteiger partial charge in [0, 0.05) is 35.4 Å². The first kappa shape index (κ1) is 26.4. The number of carbonyl (C=O) groups is 1. The van der Waals surface area contributed by atoms with Crippen LogP contribution in [0.2, 0.25) is 5.02 Å². The largest absolute Gasteiger partial charge is 0.489 e. The lowest BCUT2D eigenvalue weighted by molar-refractivity contribution is -0.113. The van der Waals surface area contributed by atoms with Crippen LogP contribution in [-0.2, 0) is 11.4 Å². The van der Waals surface area contributed by atoms with Crippen LogP contribution < -0.4 is 4.74 Å². The van der Waals surface area contributed by atoms with Crippen LogP contribution in [0, 0.1) is 5.92 Å². The van der Waals surface area contributed by atoms with Gasteiger partial charge in [0.15, 0.2) is 5.17 Å². The van der Waals surface area contributed by atoms with Crippen LogP contribution in [0.1, 0.15) is 30.9 Å². The second kappa shape index (κ2) is 11.7. The highest BCUT2D eigenvalue weighted by atomic mass is 35.5. The van der Waals surface area contributed by atoms with Gasteiger partial charge in [-0.1, -0.05) is 48.9 Å². The molecule has 3 aromatic carbocycles. The van der Waals surface area contributed by atoms with Crippen molar-refractivity contribution in [3.05, 3.63) is 106 Å². The van der Waals surface area contributed by atoms with Gasteiger partial charge in [-0.2, -0.15) is 10.1 Å². The van der Waals surface area contributed by atoms with Gasteiger partial charge in [0.05, 0.1) is 16.3 Å². The number of piperidine rings is 1. The van der Waals surface area contributed by atoms with Crippen molar-refractivity contribution in [1.82, 2.24) is 14.7 Å². The van der Waals surface area contributed by atoms with E-state index in [0.717, 1.165) is 70.8 Å². The molecule has 2 aliphatic heterocycles. The van der Waals surface area contributed by atoms with Crippen LogP contribution in [0.3, 0.4) is 0 Å². The summed E-state index contributed by atoms with van der Waals surface area (Å²) < 4.78 is 7.83. The van der Waals surface area contributed by atoms with E-state index in [2.05, 4.69) is 16.8 Å². The van der Waals surface area contributed by atoms with E-state index in [9.17, 15) is 4.79 Å². The smallest absolute Gasteiger partial charge is 0.286 e. The van der Waals surface area contributed by atoms with E-state index >= 15 is 0 Å². The predicted molar refractivity (Wildman–Crippen MR) is 163 cm³/mol. The monoisotopic (exact) mass is 568 g/mol. The maximum absolute atomic E-state index is 12.9. The number of rotatable bonds is 6. The summed E-state index contributed by atoms with van der Waals surface area (Å²) in [7, 11) is 0. The molecule has 4 aromatic rings. The molecule has 6 nitrogen and oxygen atoms in total. The second-order valence-electron chi connectivity index (χ2n) is 10.1. The number of carbonyl (C=O) groups excluding carboxylic acids is 1. The third-order valence-corrected chi connectivity index (χ3v) is 8.46. The Hall–Kier alpha value is -3.81. The predicted octanol–water partition coefficient (Wildman–Crippen LogP) is 7.47. The molecule has 0 radical (unpaired) electrons. The SMILES string of the molecule is CC1CCN(C2=NC(=O)C(=Cc3cn(-c4ccccc4)nc3-c3ccc(OCc4ccc(Cl)cc4)cc3)S2)CC1. The van der Waals surface area contributed by atoms with Gasteiger partial charge in [-0.05, 0) is 90.7 Å². The molecule has 8 heteroatoms. The number of halogens is 1. The van der Waals surface area contributed by atoms with Crippen molar-refractivity contribution in [2.45, 2.75) is 26.4 Å². The molecule has 0 saturated carbocycles. The third-order valence-electron chi connectivity index (χ3n) is 7.16. The molecule has 2 aliphatic rings. The Bertz CT molecular complexity index is 1550. The summed E-state index contributed by atoms with van der Waals surface area (Å²) in [5, 5.41) is 6.43. The molecule has 0 bridgehead atoms. The Balaban J connectivity index is 1.25. The standard InChI is InChI=1S/C32H29ClN4O2S/c1-22-15-17-36(18-16-22)32-34-31(38)29(40-32)19-25-20-37(27-5-3-2-4-6-27)35-30(25)24-9-13-28(14-10-24)39-21-23-7-11-26(33)12-8-23/h2-14,19-20,22H,15-18,21H2,1H3. The Morgan fingerprint density at radius 3 is 2.45 bits per heavy atom. The number of amides is 1. The molecule has 0 aliphatic carbocycles. The summed E-state index contributed by atoms with van der Waals surface area (Å²) in [6, 6.07) is 25.5. The van der Waals surface area contributed by atoms with Crippen LogP contribution in [0.25, 0.3) is 23.0 Å². The minimum absolute atomic E-state index is 0.192. The number of benzene rings is 3. The van der Waals surface area contributed by atoms with E-state index in [1.165, 1.54) is 11.8 Å². The zero-order valence-electron chi connectivity index (χ0n) is 22.2. The Labute approximate surface area is 243 Å². The van der Waals surface area contributed by atoms with Crippen molar-refractivity contribution < 1.29 is 9.53 Å². The summed E-state index contributed by atoms with van der Waals surface area (Å²) in [6.45, 7) is 4.62. The van der Waals surface area contributed by atoms with Crippen LogP contribution in [0.15, 0.2) is 95.0 Å². The molecule has 202 valence electrons. The van der Waals surface area contributed by atoms with Crippen LogP contribution >= 0.6 is 23.4 Å². The molecule has 0 N–H and O–H groups in total. The molecular formula is C32H29ClN4O2S. The van der Waals surface area contributed by atoms with Crippen molar-refractivity contribution in [2.75, 3.05) is 13.1 Å². The lowest BCUT2D eigenvalue weighted by atomic mass is 10.00. The van der Waals surface area contributed by atoms with E-state index < -0.39 is 0 Å². The van der Waals surface area contributed by atoms with Gasteiger partial charge >= 0.3 is 0 Å². The van der Waals surface area contributed by atoms with Crippen molar-refractivity contribution in [3.8, 4) is 22.7 Å².